The number of hydrogen-bond acceptors (Lipinski definition) is 4. The molecule has 4 atom stereocenters. The van der Waals surface area contributed by atoms with E-state index in [2.05, 4.69) is 0 Å². The van der Waals surface area contributed by atoms with Crippen LogP contribution in [0.1, 0.15) is 22.3 Å². The Morgan fingerprint density at radius 2 is 0.769 bits per heavy atom. The van der Waals surface area contributed by atoms with Crippen molar-refractivity contribution in [1.82, 2.24) is 8.61 Å². The van der Waals surface area contributed by atoms with E-state index in [1.807, 2.05) is 121 Å². The van der Waals surface area contributed by atoms with Crippen molar-refractivity contribution in [2.45, 2.75) is 50.2 Å². The molecule has 0 saturated carbocycles. The largest absolute Gasteiger partial charge is 0.389 e. The van der Waals surface area contributed by atoms with Crippen LogP contribution in [0.15, 0.2) is 121 Å². The lowest BCUT2D eigenvalue weighted by molar-refractivity contribution is -0.0408. The third-order valence-electron chi connectivity index (χ3n) is 7.41. The number of benzene rings is 4. The summed E-state index contributed by atoms with van der Waals surface area (Å²) in [5.41, 5.74) is 3.39. The first-order valence-corrected chi connectivity index (χ1v) is 14.6. The van der Waals surface area contributed by atoms with Gasteiger partial charge in [-0.05, 0) is 35.1 Å². The van der Waals surface area contributed by atoms with E-state index in [9.17, 15) is 18.6 Å². The summed E-state index contributed by atoms with van der Waals surface area (Å²) in [6.07, 6.45) is -2.08. The molecule has 0 unspecified atom stereocenters. The molecule has 4 aromatic rings. The van der Waals surface area contributed by atoms with E-state index in [4.69, 9.17) is 0 Å². The van der Waals surface area contributed by atoms with E-state index >= 15 is 0 Å². The van der Waals surface area contributed by atoms with Gasteiger partial charge < -0.3 is 10.2 Å². The predicted molar refractivity (Wildman–Crippen MR) is 153 cm³/mol. The minimum Gasteiger partial charge on any atom is -0.389 e. The Bertz CT molecular complexity index is 1320. The van der Waals surface area contributed by atoms with Crippen LogP contribution in [-0.2, 0) is 36.1 Å². The molecule has 202 valence electrons. The van der Waals surface area contributed by atoms with Crippen molar-refractivity contribution in [2.24, 2.45) is 0 Å². The zero-order chi connectivity index (χ0) is 27.2. The van der Waals surface area contributed by atoms with E-state index in [0.717, 1.165) is 22.3 Å². The first-order valence-electron chi connectivity index (χ1n) is 13.2. The van der Waals surface area contributed by atoms with Gasteiger partial charge in [0.1, 0.15) is 0 Å². The van der Waals surface area contributed by atoms with Gasteiger partial charge >= 0.3 is 0 Å². The molecule has 1 heterocycles. The molecule has 1 aliphatic heterocycles. The highest BCUT2D eigenvalue weighted by atomic mass is 32.2. The molecule has 0 aliphatic carbocycles. The maximum Gasteiger partial charge on any atom is 0.283 e. The molecule has 0 bridgehead atoms. The quantitative estimate of drug-likeness (QED) is 0.350. The highest BCUT2D eigenvalue weighted by Gasteiger charge is 2.50. The molecule has 4 aromatic carbocycles. The van der Waals surface area contributed by atoms with Crippen molar-refractivity contribution >= 4 is 10.2 Å². The predicted octanol–water partition coefficient (Wildman–Crippen LogP) is 4.19. The van der Waals surface area contributed by atoms with Gasteiger partial charge in [0, 0.05) is 13.1 Å². The molecule has 0 amide bonds. The standard InChI is InChI=1S/C32H34N2O4S/c35-31-29(21-25-13-5-1-6-14-25)33(23-27-17-9-3-10-18-27)39(37,38)34(24-28-19-11-4-12-20-28)30(32(31)36)22-26-15-7-2-8-16-26/h1-20,29-32,35-36H,21-24H2/t29-,30-,31-,32+/m1/s1. The molecule has 0 radical (unpaired) electrons. The third kappa shape index (κ3) is 6.30. The van der Waals surface area contributed by atoms with Crippen molar-refractivity contribution in [3.63, 3.8) is 0 Å². The van der Waals surface area contributed by atoms with Crippen molar-refractivity contribution in [3.8, 4) is 0 Å². The summed E-state index contributed by atoms with van der Waals surface area (Å²) in [4.78, 5) is 0. The molecular formula is C32H34N2O4S. The third-order valence-corrected chi connectivity index (χ3v) is 9.39. The lowest BCUT2D eigenvalue weighted by atomic mass is 9.91. The Balaban J connectivity index is 1.63. The lowest BCUT2D eigenvalue weighted by Gasteiger charge is -2.34. The van der Waals surface area contributed by atoms with E-state index in [1.165, 1.54) is 8.61 Å². The molecular weight excluding hydrogens is 508 g/mol. The van der Waals surface area contributed by atoms with Gasteiger partial charge in [-0.1, -0.05) is 121 Å². The first-order chi connectivity index (χ1) is 18.9. The van der Waals surface area contributed by atoms with E-state index in [0.29, 0.717) is 0 Å². The number of hydrogen-bond donors (Lipinski definition) is 2. The fourth-order valence-electron chi connectivity index (χ4n) is 5.35. The monoisotopic (exact) mass is 542 g/mol. The second-order valence-electron chi connectivity index (χ2n) is 10.1. The number of nitrogens with zero attached hydrogens (tertiary/aromatic N) is 2. The van der Waals surface area contributed by atoms with E-state index in [1.54, 1.807) is 0 Å². The lowest BCUT2D eigenvalue weighted by Crippen LogP contribution is -2.50. The Morgan fingerprint density at radius 1 is 0.487 bits per heavy atom. The fourth-order valence-corrected chi connectivity index (χ4v) is 7.33. The van der Waals surface area contributed by atoms with Crippen molar-refractivity contribution in [1.29, 1.82) is 0 Å². The summed E-state index contributed by atoms with van der Waals surface area (Å²) in [5.74, 6) is 0. The van der Waals surface area contributed by atoms with Crippen molar-refractivity contribution in [2.75, 3.05) is 0 Å². The van der Waals surface area contributed by atoms with Crippen LogP contribution < -0.4 is 0 Å². The summed E-state index contributed by atoms with van der Waals surface area (Å²) >= 11 is 0. The molecule has 6 nitrogen and oxygen atoms in total. The Labute approximate surface area is 231 Å². The highest BCUT2D eigenvalue weighted by molar-refractivity contribution is 7.86. The van der Waals surface area contributed by atoms with Crippen molar-refractivity contribution in [3.05, 3.63) is 144 Å². The van der Waals surface area contributed by atoms with Gasteiger partial charge in [0.15, 0.2) is 0 Å². The summed E-state index contributed by atoms with van der Waals surface area (Å²) in [7, 11) is -4.15. The van der Waals surface area contributed by atoms with Crippen LogP contribution in [-0.4, -0.2) is 51.5 Å². The second-order valence-corrected chi connectivity index (χ2v) is 11.9. The van der Waals surface area contributed by atoms with Crippen LogP contribution in [0.5, 0.6) is 0 Å². The van der Waals surface area contributed by atoms with Gasteiger partial charge in [-0.25, -0.2) is 0 Å². The molecule has 0 aromatic heterocycles. The molecule has 2 N–H and O–H groups in total. The zero-order valence-electron chi connectivity index (χ0n) is 21.7. The summed E-state index contributed by atoms with van der Waals surface area (Å²) in [5, 5.41) is 23.4. The fraction of sp³-hybridized carbons (Fsp3) is 0.250. The van der Waals surface area contributed by atoms with Gasteiger partial charge in [-0.2, -0.15) is 17.0 Å². The number of aliphatic hydroxyl groups is 2. The summed E-state index contributed by atoms with van der Waals surface area (Å²) in [6, 6.07) is 36.1. The Kier molecular flexibility index (Phi) is 8.55. The summed E-state index contributed by atoms with van der Waals surface area (Å²) < 4.78 is 32.1. The van der Waals surface area contributed by atoms with Crippen LogP contribution >= 0.6 is 0 Å². The van der Waals surface area contributed by atoms with Crippen LogP contribution in [0.3, 0.4) is 0 Å². The second kappa shape index (κ2) is 12.2. The van der Waals surface area contributed by atoms with Gasteiger partial charge in [-0.15, -0.1) is 0 Å². The minimum atomic E-state index is -4.15. The average Bonchev–Trinajstić information content (AvgIpc) is 3.02. The Morgan fingerprint density at radius 3 is 1.08 bits per heavy atom. The molecule has 0 spiro atoms. The number of rotatable bonds is 8. The van der Waals surface area contributed by atoms with Crippen molar-refractivity contribution < 1.29 is 18.6 Å². The maximum atomic E-state index is 14.7. The topological polar surface area (TPSA) is 81.1 Å². The molecule has 5 rings (SSSR count). The van der Waals surface area contributed by atoms with E-state index in [-0.39, 0.29) is 25.9 Å². The smallest absolute Gasteiger partial charge is 0.283 e. The van der Waals surface area contributed by atoms with Crippen LogP contribution in [0, 0.1) is 0 Å². The molecule has 1 saturated heterocycles. The van der Waals surface area contributed by atoms with Gasteiger partial charge in [0.2, 0.25) is 0 Å². The molecule has 1 fully saturated rings. The number of aliphatic hydroxyl groups excluding tert-OH is 2. The molecule has 39 heavy (non-hydrogen) atoms. The SMILES string of the molecule is O=S1(=O)N(Cc2ccccc2)[C@H](Cc2ccccc2)[C@H](O)[C@H](O)[C@@H](Cc2ccccc2)N1Cc1ccccc1. The van der Waals surface area contributed by atoms with E-state index < -0.39 is 34.5 Å². The molecule has 7 heteroatoms. The summed E-state index contributed by atoms with van der Waals surface area (Å²) in [6.45, 7) is 0.154. The highest BCUT2D eigenvalue weighted by Crippen LogP contribution is 2.33. The Hall–Kier alpha value is -3.33. The van der Waals surface area contributed by atoms with Gasteiger partial charge in [-0.3, -0.25) is 0 Å². The van der Waals surface area contributed by atoms with Crippen LogP contribution in [0.4, 0.5) is 0 Å². The first kappa shape index (κ1) is 27.2. The maximum absolute atomic E-state index is 14.7. The normalized spacial score (nSPS) is 23.7. The van der Waals surface area contributed by atoms with Gasteiger partial charge in [0.25, 0.3) is 10.2 Å². The zero-order valence-corrected chi connectivity index (χ0v) is 22.5. The van der Waals surface area contributed by atoms with Crippen LogP contribution in [0.2, 0.25) is 0 Å². The average molecular weight is 543 g/mol. The van der Waals surface area contributed by atoms with Gasteiger partial charge in [0.05, 0.1) is 24.3 Å². The molecule has 1 aliphatic rings. The van der Waals surface area contributed by atoms with Crippen LogP contribution in [0.25, 0.3) is 0 Å². The minimum absolute atomic E-state index is 0.0772.